The maximum absolute atomic E-state index is 10.5. The Morgan fingerprint density at radius 2 is 2.00 bits per heavy atom. The molecule has 0 radical (unpaired) electrons. The average molecular weight is 328 g/mol. The van der Waals surface area contributed by atoms with E-state index in [2.05, 4.69) is 21.2 Å². The summed E-state index contributed by atoms with van der Waals surface area (Å²) in [6, 6.07) is 2.31. The summed E-state index contributed by atoms with van der Waals surface area (Å²) in [6.07, 6.45) is 0. The number of hydrogen-bond donors (Lipinski definition) is 3. The Kier molecular flexibility index (Phi) is 4.86. The zero-order valence-electron chi connectivity index (χ0n) is 8.01. The summed E-state index contributed by atoms with van der Waals surface area (Å²) in [7, 11) is 0. The second-order valence-corrected chi connectivity index (χ2v) is 4.80. The summed E-state index contributed by atoms with van der Waals surface area (Å²) in [5, 5.41) is 12.2. The minimum absolute atomic E-state index is 0.0520. The van der Waals surface area contributed by atoms with Crippen LogP contribution in [0.3, 0.4) is 0 Å². The highest BCUT2D eigenvalue weighted by atomic mass is 79.9. The number of rotatable bonds is 4. The van der Waals surface area contributed by atoms with Gasteiger partial charge in [0.05, 0.1) is 15.7 Å². The molecule has 88 valence electrons. The Morgan fingerprint density at radius 3 is 2.44 bits per heavy atom. The Bertz CT molecular complexity index is 391. The lowest BCUT2D eigenvalue weighted by molar-refractivity contribution is -0.138. The molecular weight excluding hydrogens is 319 g/mol. The zero-order chi connectivity index (χ0) is 12.3. The lowest BCUT2D eigenvalue weighted by Crippen LogP contribution is -2.37. The molecule has 0 saturated heterocycles. The van der Waals surface area contributed by atoms with Crippen LogP contribution in [0.15, 0.2) is 16.6 Å². The van der Waals surface area contributed by atoms with Crippen molar-refractivity contribution in [3.8, 4) is 0 Å². The Morgan fingerprint density at radius 1 is 1.50 bits per heavy atom. The van der Waals surface area contributed by atoms with Crippen LogP contribution in [-0.2, 0) is 4.79 Å². The molecule has 0 heterocycles. The van der Waals surface area contributed by atoms with E-state index in [1.165, 1.54) is 0 Å². The molecule has 1 atom stereocenters. The minimum atomic E-state index is -1.09. The molecule has 1 aromatic rings. The van der Waals surface area contributed by atoms with Crippen molar-refractivity contribution in [1.82, 2.24) is 0 Å². The van der Waals surface area contributed by atoms with Gasteiger partial charge >= 0.3 is 5.97 Å². The third-order valence-corrected chi connectivity index (χ3v) is 2.88. The van der Waals surface area contributed by atoms with Crippen LogP contribution < -0.4 is 11.1 Å². The molecular formula is C9H9BrCl2N2O2. The van der Waals surface area contributed by atoms with Gasteiger partial charge in [0.15, 0.2) is 0 Å². The van der Waals surface area contributed by atoms with E-state index >= 15 is 0 Å². The first-order chi connectivity index (χ1) is 7.41. The molecule has 1 aromatic carbocycles. The SMILES string of the molecule is NC(CNc1c(Cl)cc(Br)cc1Cl)C(=O)O. The highest BCUT2D eigenvalue weighted by molar-refractivity contribution is 9.10. The first-order valence-corrected chi connectivity index (χ1v) is 5.83. The van der Waals surface area contributed by atoms with Gasteiger partial charge in [-0.25, -0.2) is 0 Å². The van der Waals surface area contributed by atoms with Crippen molar-refractivity contribution in [3.05, 3.63) is 26.7 Å². The normalized spacial score (nSPS) is 12.2. The fourth-order valence-corrected chi connectivity index (χ4v) is 2.35. The standard InChI is InChI=1S/C9H9BrCl2N2O2/c10-4-1-5(11)8(6(12)2-4)14-3-7(13)9(15)16/h1-2,7,14H,3,13H2,(H,15,16). The molecule has 1 rings (SSSR count). The van der Waals surface area contributed by atoms with Crippen molar-refractivity contribution >= 4 is 50.8 Å². The average Bonchev–Trinajstić information content (AvgIpc) is 2.15. The smallest absolute Gasteiger partial charge is 0.322 e. The predicted molar refractivity (Wildman–Crippen MR) is 68.3 cm³/mol. The van der Waals surface area contributed by atoms with Crippen molar-refractivity contribution in [2.24, 2.45) is 5.73 Å². The van der Waals surface area contributed by atoms with Gasteiger partial charge < -0.3 is 16.2 Å². The molecule has 0 spiro atoms. The van der Waals surface area contributed by atoms with Crippen LogP contribution in [0, 0.1) is 0 Å². The van der Waals surface area contributed by atoms with Crippen LogP contribution in [0.25, 0.3) is 0 Å². The van der Waals surface area contributed by atoms with E-state index in [1.54, 1.807) is 12.1 Å². The summed E-state index contributed by atoms with van der Waals surface area (Å²) in [5.74, 6) is -1.09. The van der Waals surface area contributed by atoms with Gasteiger partial charge in [-0.05, 0) is 12.1 Å². The van der Waals surface area contributed by atoms with Gasteiger partial charge in [-0.3, -0.25) is 4.79 Å². The molecule has 0 saturated carbocycles. The molecule has 0 amide bonds. The van der Waals surface area contributed by atoms with Gasteiger partial charge in [-0.1, -0.05) is 39.1 Å². The summed E-state index contributed by atoms with van der Waals surface area (Å²) >= 11 is 15.1. The minimum Gasteiger partial charge on any atom is -0.480 e. The Balaban J connectivity index is 2.78. The van der Waals surface area contributed by atoms with Crippen LogP contribution in [0.1, 0.15) is 0 Å². The molecule has 4 nitrogen and oxygen atoms in total. The number of carboxylic acid groups (broad SMARTS) is 1. The van der Waals surface area contributed by atoms with Crippen LogP contribution in [-0.4, -0.2) is 23.7 Å². The number of aliphatic carboxylic acids is 1. The quantitative estimate of drug-likeness (QED) is 0.794. The van der Waals surface area contributed by atoms with Crippen molar-refractivity contribution in [1.29, 1.82) is 0 Å². The van der Waals surface area contributed by atoms with Gasteiger partial charge in [0.2, 0.25) is 0 Å². The number of benzene rings is 1. The first-order valence-electron chi connectivity index (χ1n) is 4.28. The summed E-state index contributed by atoms with van der Waals surface area (Å²) in [5.41, 5.74) is 5.81. The van der Waals surface area contributed by atoms with Crippen LogP contribution in [0.4, 0.5) is 5.69 Å². The number of hydrogen-bond acceptors (Lipinski definition) is 3. The van der Waals surface area contributed by atoms with Crippen molar-refractivity contribution < 1.29 is 9.90 Å². The third kappa shape index (κ3) is 3.52. The predicted octanol–water partition coefficient (Wildman–Crippen LogP) is 2.58. The summed E-state index contributed by atoms with van der Waals surface area (Å²) in [6.45, 7) is 0.0520. The van der Waals surface area contributed by atoms with E-state index in [4.69, 9.17) is 34.0 Å². The van der Waals surface area contributed by atoms with E-state index in [9.17, 15) is 4.79 Å². The Hall–Kier alpha value is -0.490. The molecule has 7 heteroatoms. The van der Waals surface area contributed by atoms with Crippen molar-refractivity contribution in [2.45, 2.75) is 6.04 Å². The second-order valence-electron chi connectivity index (χ2n) is 3.07. The zero-order valence-corrected chi connectivity index (χ0v) is 11.1. The number of anilines is 1. The number of nitrogens with two attached hydrogens (primary N) is 1. The maximum atomic E-state index is 10.5. The van der Waals surface area contributed by atoms with E-state index in [1.807, 2.05) is 0 Å². The van der Waals surface area contributed by atoms with Crippen LogP contribution >= 0.6 is 39.1 Å². The molecule has 0 bridgehead atoms. The van der Waals surface area contributed by atoms with E-state index in [-0.39, 0.29) is 6.54 Å². The molecule has 0 aliphatic rings. The van der Waals surface area contributed by atoms with Gasteiger partial charge in [-0.2, -0.15) is 0 Å². The van der Waals surface area contributed by atoms with Crippen molar-refractivity contribution in [3.63, 3.8) is 0 Å². The summed E-state index contributed by atoms with van der Waals surface area (Å²) < 4.78 is 0.746. The maximum Gasteiger partial charge on any atom is 0.322 e. The van der Waals surface area contributed by atoms with E-state index in [0.29, 0.717) is 15.7 Å². The Labute approximate surface area is 111 Å². The van der Waals surface area contributed by atoms with Gasteiger partial charge in [0, 0.05) is 11.0 Å². The summed E-state index contributed by atoms with van der Waals surface area (Å²) in [4.78, 5) is 10.5. The first kappa shape index (κ1) is 13.6. The highest BCUT2D eigenvalue weighted by Gasteiger charge is 2.13. The fraction of sp³-hybridized carbons (Fsp3) is 0.222. The molecule has 0 fully saturated rings. The topological polar surface area (TPSA) is 75.3 Å². The number of carboxylic acids is 1. The van der Waals surface area contributed by atoms with Crippen molar-refractivity contribution in [2.75, 3.05) is 11.9 Å². The highest BCUT2D eigenvalue weighted by Crippen LogP contribution is 2.33. The third-order valence-electron chi connectivity index (χ3n) is 1.82. The molecule has 4 N–H and O–H groups in total. The fourth-order valence-electron chi connectivity index (χ4n) is 1.01. The number of nitrogens with one attached hydrogen (secondary N) is 1. The van der Waals surface area contributed by atoms with E-state index in [0.717, 1.165) is 4.47 Å². The lowest BCUT2D eigenvalue weighted by Gasteiger charge is -2.12. The molecule has 0 aliphatic carbocycles. The number of halogens is 3. The molecule has 0 aliphatic heterocycles. The van der Waals surface area contributed by atoms with Crippen LogP contribution in [0.5, 0.6) is 0 Å². The molecule has 16 heavy (non-hydrogen) atoms. The lowest BCUT2D eigenvalue weighted by atomic mass is 10.2. The van der Waals surface area contributed by atoms with Gasteiger partial charge in [0.1, 0.15) is 6.04 Å². The van der Waals surface area contributed by atoms with Gasteiger partial charge in [0.25, 0.3) is 0 Å². The second kappa shape index (κ2) is 5.72. The monoisotopic (exact) mass is 326 g/mol. The largest absolute Gasteiger partial charge is 0.480 e. The molecule has 1 unspecified atom stereocenters. The van der Waals surface area contributed by atoms with Gasteiger partial charge in [-0.15, -0.1) is 0 Å². The molecule has 0 aromatic heterocycles. The van der Waals surface area contributed by atoms with E-state index < -0.39 is 12.0 Å². The van der Waals surface area contributed by atoms with Crippen LogP contribution in [0.2, 0.25) is 10.0 Å². The number of carbonyl (C=O) groups is 1.